The SMILES string of the molecule is O=C1CSCC2CCCCN12. The Labute approximate surface area is 71.3 Å². The van der Waals surface area contributed by atoms with Crippen molar-refractivity contribution in [3.8, 4) is 0 Å². The number of piperidine rings is 1. The summed E-state index contributed by atoms with van der Waals surface area (Å²) in [6, 6.07) is 0.579. The molecule has 0 aliphatic carbocycles. The molecule has 0 aromatic heterocycles. The summed E-state index contributed by atoms with van der Waals surface area (Å²) in [5, 5.41) is 0. The van der Waals surface area contributed by atoms with Gasteiger partial charge < -0.3 is 4.90 Å². The molecule has 62 valence electrons. The van der Waals surface area contributed by atoms with Crippen molar-refractivity contribution in [2.45, 2.75) is 25.3 Å². The third kappa shape index (κ3) is 1.39. The Morgan fingerprint density at radius 2 is 2.36 bits per heavy atom. The number of rotatable bonds is 0. The average molecular weight is 171 g/mol. The molecule has 0 aromatic carbocycles. The van der Waals surface area contributed by atoms with Crippen LogP contribution in [0.5, 0.6) is 0 Å². The van der Waals surface area contributed by atoms with E-state index >= 15 is 0 Å². The van der Waals surface area contributed by atoms with Crippen LogP contribution < -0.4 is 0 Å². The molecular formula is C8H13NOS. The van der Waals surface area contributed by atoms with Crippen LogP contribution in [0.2, 0.25) is 0 Å². The molecule has 2 nitrogen and oxygen atoms in total. The maximum Gasteiger partial charge on any atom is 0.232 e. The molecule has 0 bridgehead atoms. The summed E-state index contributed by atoms with van der Waals surface area (Å²) >= 11 is 1.80. The highest BCUT2D eigenvalue weighted by molar-refractivity contribution is 8.00. The number of carbonyl (C=O) groups excluding carboxylic acids is 1. The lowest BCUT2D eigenvalue weighted by Gasteiger charge is -2.38. The average Bonchev–Trinajstić information content (AvgIpc) is 2.06. The minimum atomic E-state index is 0.367. The maximum absolute atomic E-state index is 11.3. The van der Waals surface area contributed by atoms with Crippen molar-refractivity contribution in [3.63, 3.8) is 0 Å². The Morgan fingerprint density at radius 3 is 3.18 bits per heavy atom. The van der Waals surface area contributed by atoms with Crippen molar-refractivity contribution >= 4 is 17.7 Å². The van der Waals surface area contributed by atoms with Crippen LogP contribution in [0.1, 0.15) is 19.3 Å². The Hall–Kier alpha value is -0.180. The highest BCUT2D eigenvalue weighted by atomic mass is 32.2. The Balaban J connectivity index is 2.05. The first-order valence-corrected chi connectivity index (χ1v) is 5.40. The molecule has 1 unspecified atom stereocenters. The number of hydrogen-bond donors (Lipinski definition) is 0. The van der Waals surface area contributed by atoms with E-state index in [1.807, 2.05) is 0 Å². The number of hydrogen-bond acceptors (Lipinski definition) is 2. The van der Waals surface area contributed by atoms with Gasteiger partial charge in [-0.2, -0.15) is 0 Å². The normalized spacial score (nSPS) is 31.8. The molecule has 2 saturated heterocycles. The van der Waals surface area contributed by atoms with Crippen molar-refractivity contribution in [2.75, 3.05) is 18.1 Å². The van der Waals surface area contributed by atoms with Gasteiger partial charge in [0.05, 0.1) is 5.75 Å². The molecule has 0 N–H and O–H groups in total. The first-order chi connectivity index (χ1) is 5.38. The maximum atomic E-state index is 11.3. The van der Waals surface area contributed by atoms with Gasteiger partial charge >= 0.3 is 0 Å². The summed E-state index contributed by atoms with van der Waals surface area (Å²) in [7, 11) is 0. The van der Waals surface area contributed by atoms with Crippen molar-refractivity contribution in [1.82, 2.24) is 4.90 Å². The lowest BCUT2D eigenvalue weighted by molar-refractivity contribution is -0.131. The van der Waals surface area contributed by atoms with E-state index in [2.05, 4.69) is 4.90 Å². The fourth-order valence-corrected chi connectivity index (χ4v) is 2.94. The summed E-state index contributed by atoms with van der Waals surface area (Å²) < 4.78 is 0. The van der Waals surface area contributed by atoms with Crippen LogP contribution in [-0.2, 0) is 4.79 Å². The van der Waals surface area contributed by atoms with Crippen LogP contribution >= 0.6 is 11.8 Å². The minimum Gasteiger partial charge on any atom is -0.338 e. The molecule has 1 atom stereocenters. The molecule has 0 radical (unpaired) electrons. The van der Waals surface area contributed by atoms with E-state index in [-0.39, 0.29) is 0 Å². The van der Waals surface area contributed by atoms with E-state index in [0.717, 1.165) is 12.3 Å². The zero-order valence-corrected chi connectivity index (χ0v) is 7.40. The van der Waals surface area contributed by atoms with Crippen molar-refractivity contribution in [3.05, 3.63) is 0 Å². The smallest absolute Gasteiger partial charge is 0.232 e. The molecule has 0 spiro atoms. The van der Waals surface area contributed by atoms with Gasteiger partial charge in [-0.1, -0.05) is 0 Å². The molecule has 3 heteroatoms. The molecule has 2 fully saturated rings. The fraction of sp³-hybridized carbons (Fsp3) is 0.875. The predicted octanol–water partition coefficient (Wildman–Crippen LogP) is 1.11. The quantitative estimate of drug-likeness (QED) is 0.544. The lowest BCUT2D eigenvalue weighted by atomic mass is 10.0. The molecular weight excluding hydrogens is 158 g/mol. The van der Waals surface area contributed by atoms with Crippen molar-refractivity contribution in [2.24, 2.45) is 0 Å². The summed E-state index contributed by atoms with van der Waals surface area (Å²) in [5.41, 5.74) is 0. The number of amides is 1. The Bertz CT molecular complexity index is 169. The van der Waals surface area contributed by atoms with Gasteiger partial charge in [0.15, 0.2) is 0 Å². The van der Waals surface area contributed by atoms with Gasteiger partial charge in [-0.15, -0.1) is 11.8 Å². The molecule has 2 rings (SSSR count). The predicted molar refractivity (Wildman–Crippen MR) is 46.7 cm³/mol. The van der Waals surface area contributed by atoms with Crippen molar-refractivity contribution < 1.29 is 4.79 Å². The summed E-state index contributed by atoms with van der Waals surface area (Å²) in [6.45, 7) is 1.02. The van der Waals surface area contributed by atoms with E-state index in [1.165, 1.54) is 25.0 Å². The van der Waals surface area contributed by atoms with Crippen molar-refractivity contribution in [1.29, 1.82) is 0 Å². The van der Waals surface area contributed by atoms with E-state index in [4.69, 9.17) is 0 Å². The fourth-order valence-electron chi connectivity index (χ4n) is 1.87. The zero-order chi connectivity index (χ0) is 7.68. The Kier molecular flexibility index (Phi) is 2.07. The lowest BCUT2D eigenvalue weighted by Crippen LogP contribution is -2.48. The number of fused-ring (bicyclic) bond motifs is 1. The monoisotopic (exact) mass is 171 g/mol. The van der Waals surface area contributed by atoms with Crippen LogP contribution in [-0.4, -0.2) is 34.9 Å². The summed E-state index contributed by atoms with van der Waals surface area (Å²) in [6.07, 6.45) is 3.76. The largest absolute Gasteiger partial charge is 0.338 e. The number of carbonyl (C=O) groups is 1. The third-order valence-corrected chi connectivity index (χ3v) is 3.55. The van der Waals surface area contributed by atoms with Gasteiger partial charge in [-0.3, -0.25) is 4.79 Å². The van der Waals surface area contributed by atoms with Crippen LogP contribution in [0.4, 0.5) is 0 Å². The molecule has 1 amide bonds. The van der Waals surface area contributed by atoms with Gasteiger partial charge in [0.2, 0.25) is 5.91 Å². The second kappa shape index (κ2) is 3.05. The number of thioether (sulfide) groups is 1. The second-order valence-corrected chi connectivity index (χ2v) is 4.28. The Morgan fingerprint density at radius 1 is 1.45 bits per heavy atom. The van der Waals surface area contributed by atoms with Crippen LogP contribution in [0.25, 0.3) is 0 Å². The highest BCUT2D eigenvalue weighted by Crippen LogP contribution is 2.25. The molecule has 2 heterocycles. The first-order valence-electron chi connectivity index (χ1n) is 4.25. The number of nitrogens with zero attached hydrogens (tertiary/aromatic N) is 1. The zero-order valence-electron chi connectivity index (χ0n) is 6.58. The van der Waals surface area contributed by atoms with Gasteiger partial charge in [0, 0.05) is 18.3 Å². The van der Waals surface area contributed by atoms with Gasteiger partial charge in [-0.25, -0.2) is 0 Å². The molecule has 0 saturated carbocycles. The molecule has 11 heavy (non-hydrogen) atoms. The van der Waals surface area contributed by atoms with E-state index in [1.54, 1.807) is 11.8 Å². The second-order valence-electron chi connectivity index (χ2n) is 3.25. The first kappa shape index (κ1) is 7.47. The van der Waals surface area contributed by atoms with Crippen LogP contribution in [0, 0.1) is 0 Å². The van der Waals surface area contributed by atoms with Gasteiger partial charge in [-0.05, 0) is 19.3 Å². The molecule has 0 aromatic rings. The van der Waals surface area contributed by atoms with Gasteiger partial charge in [0.1, 0.15) is 0 Å². The van der Waals surface area contributed by atoms with E-state index in [0.29, 0.717) is 11.9 Å². The molecule has 2 aliphatic heterocycles. The third-order valence-electron chi connectivity index (χ3n) is 2.48. The summed E-state index contributed by atoms with van der Waals surface area (Å²) in [5.74, 6) is 2.26. The van der Waals surface area contributed by atoms with E-state index in [9.17, 15) is 4.79 Å². The summed E-state index contributed by atoms with van der Waals surface area (Å²) in [4.78, 5) is 13.4. The standard InChI is InChI=1S/C8H13NOS/c10-8-6-11-5-7-3-1-2-4-9(7)8/h7H,1-6H2. The van der Waals surface area contributed by atoms with E-state index < -0.39 is 0 Å². The minimum absolute atomic E-state index is 0.367. The topological polar surface area (TPSA) is 20.3 Å². The highest BCUT2D eigenvalue weighted by Gasteiger charge is 2.29. The van der Waals surface area contributed by atoms with Crippen LogP contribution in [0.15, 0.2) is 0 Å². The van der Waals surface area contributed by atoms with Crippen LogP contribution in [0.3, 0.4) is 0 Å². The van der Waals surface area contributed by atoms with Gasteiger partial charge in [0.25, 0.3) is 0 Å². The molecule has 2 aliphatic rings.